The lowest BCUT2D eigenvalue weighted by molar-refractivity contribution is 0.0991. The van der Waals surface area contributed by atoms with Crippen LogP contribution in [0.2, 0.25) is 0 Å². The Morgan fingerprint density at radius 3 is 2.64 bits per heavy atom. The Labute approximate surface area is 144 Å². The van der Waals surface area contributed by atoms with Crippen LogP contribution >= 0.6 is 0 Å². The molecule has 0 aliphatic carbocycles. The van der Waals surface area contributed by atoms with Crippen molar-refractivity contribution in [2.75, 3.05) is 7.11 Å². The average molecular weight is 328 g/mol. The molecule has 1 heterocycles. The molecule has 1 unspecified atom stereocenters. The van der Waals surface area contributed by atoms with E-state index in [0.717, 1.165) is 5.56 Å². The summed E-state index contributed by atoms with van der Waals surface area (Å²) >= 11 is 0. The predicted molar refractivity (Wildman–Crippen MR) is 91.9 cm³/mol. The first-order valence-electron chi connectivity index (χ1n) is 7.39. The van der Waals surface area contributed by atoms with Gasteiger partial charge in [-0.3, -0.25) is 9.64 Å². The van der Waals surface area contributed by atoms with E-state index in [1.807, 2.05) is 30.3 Å². The van der Waals surface area contributed by atoms with Crippen molar-refractivity contribution in [2.24, 2.45) is 0 Å². The van der Waals surface area contributed by atoms with Crippen LogP contribution in [0.4, 0.5) is 0 Å². The molecule has 0 saturated carbocycles. The molecule has 0 spiro atoms. The number of Topliss-reactive ketones (excluding diaryl/α,β-unsaturated/α-hetero) is 1. The predicted octanol–water partition coefficient (Wildman–Crippen LogP) is 3.30. The zero-order valence-corrected chi connectivity index (χ0v) is 13.3. The van der Waals surface area contributed by atoms with Gasteiger partial charge in [0.25, 0.3) is 5.78 Å². The summed E-state index contributed by atoms with van der Waals surface area (Å²) in [6, 6.07) is 14.5. The quantitative estimate of drug-likeness (QED) is 0.542. The standard InChI is InChI=1S/C19H12N4O2/c1-21-16(11-20)17(24)13-8-9-14-15(10-13)22-18(23-19(14)25-2)12-6-4-3-5-7-12/h3-10,16H,2H3. The normalized spacial score (nSPS) is 11.3. The largest absolute Gasteiger partial charge is 0.480 e. The average Bonchev–Trinajstić information content (AvgIpc) is 2.68. The summed E-state index contributed by atoms with van der Waals surface area (Å²) in [5, 5.41) is 9.56. The second kappa shape index (κ2) is 6.77. The van der Waals surface area contributed by atoms with Crippen molar-refractivity contribution in [2.45, 2.75) is 6.04 Å². The summed E-state index contributed by atoms with van der Waals surface area (Å²) in [6.07, 6.45) is 0. The lowest BCUT2D eigenvalue weighted by atomic mass is 10.0. The number of hydrogen-bond acceptors (Lipinski definition) is 5. The summed E-state index contributed by atoms with van der Waals surface area (Å²) in [5.74, 6) is 0.319. The lowest BCUT2D eigenvalue weighted by Gasteiger charge is -2.08. The Bertz CT molecular complexity index is 1020. The smallest absolute Gasteiger partial charge is 0.368 e. The van der Waals surface area contributed by atoms with Crippen LogP contribution in [0.5, 0.6) is 5.88 Å². The molecule has 2 aromatic carbocycles. The number of fused-ring (bicyclic) bond motifs is 1. The van der Waals surface area contributed by atoms with Crippen LogP contribution in [0.15, 0.2) is 48.5 Å². The molecule has 6 heteroatoms. The number of methoxy groups -OCH3 is 1. The van der Waals surface area contributed by atoms with Gasteiger partial charge < -0.3 is 4.74 Å². The Morgan fingerprint density at radius 2 is 2.00 bits per heavy atom. The van der Waals surface area contributed by atoms with Crippen LogP contribution in [0.3, 0.4) is 0 Å². The first kappa shape index (κ1) is 16.1. The Morgan fingerprint density at radius 1 is 1.24 bits per heavy atom. The SMILES string of the molecule is [C-]#[N+]C(C#N)C(=O)c1ccc2c(OC)nc(-c3ccccc3)nc2c1. The van der Waals surface area contributed by atoms with Crippen LogP contribution in [0, 0.1) is 17.9 Å². The van der Waals surface area contributed by atoms with Gasteiger partial charge in [0.15, 0.2) is 11.9 Å². The van der Waals surface area contributed by atoms with E-state index in [1.54, 1.807) is 24.3 Å². The first-order valence-corrected chi connectivity index (χ1v) is 7.39. The van der Waals surface area contributed by atoms with Crippen molar-refractivity contribution in [3.05, 3.63) is 65.5 Å². The summed E-state index contributed by atoms with van der Waals surface area (Å²) in [4.78, 5) is 24.2. The number of rotatable bonds is 4. The molecule has 0 amide bonds. The van der Waals surface area contributed by atoms with E-state index in [0.29, 0.717) is 22.6 Å². The summed E-state index contributed by atoms with van der Waals surface area (Å²) in [6.45, 7) is 6.95. The fourth-order valence-corrected chi connectivity index (χ4v) is 2.43. The van der Waals surface area contributed by atoms with Crippen molar-refractivity contribution < 1.29 is 9.53 Å². The third-order valence-electron chi connectivity index (χ3n) is 3.67. The maximum absolute atomic E-state index is 12.2. The van der Waals surface area contributed by atoms with Crippen molar-refractivity contribution in [1.82, 2.24) is 9.97 Å². The molecule has 3 aromatic rings. The van der Waals surface area contributed by atoms with Crippen LogP contribution in [-0.4, -0.2) is 28.9 Å². The number of nitriles is 1. The topological polar surface area (TPSA) is 80.2 Å². The third-order valence-corrected chi connectivity index (χ3v) is 3.67. The van der Waals surface area contributed by atoms with Gasteiger partial charge in [0.1, 0.15) is 0 Å². The van der Waals surface area contributed by atoms with Gasteiger partial charge in [-0.1, -0.05) is 36.4 Å². The number of carbonyl (C=O) groups is 1. The number of ketones is 1. The molecule has 6 nitrogen and oxygen atoms in total. The molecule has 0 aliphatic heterocycles. The van der Waals surface area contributed by atoms with E-state index in [2.05, 4.69) is 14.8 Å². The first-order chi connectivity index (χ1) is 12.2. The van der Waals surface area contributed by atoms with Crippen LogP contribution in [0.1, 0.15) is 10.4 Å². The molecule has 0 aliphatic rings. The van der Waals surface area contributed by atoms with E-state index in [-0.39, 0.29) is 5.56 Å². The second-order valence-corrected chi connectivity index (χ2v) is 5.18. The number of hydrogen-bond donors (Lipinski definition) is 0. The number of aromatic nitrogens is 2. The van der Waals surface area contributed by atoms with Gasteiger partial charge in [-0.25, -0.2) is 11.6 Å². The highest BCUT2D eigenvalue weighted by Crippen LogP contribution is 2.27. The minimum atomic E-state index is -1.35. The van der Waals surface area contributed by atoms with E-state index in [9.17, 15) is 4.79 Å². The molecule has 120 valence electrons. The Kier molecular flexibility index (Phi) is 4.36. The van der Waals surface area contributed by atoms with Crippen molar-refractivity contribution in [3.8, 4) is 23.3 Å². The van der Waals surface area contributed by atoms with Crippen molar-refractivity contribution >= 4 is 16.7 Å². The molecule has 0 saturated heterocycles. The number of carbonyl (C=O) groups excluding carboxylic acids is 1. The van der Waals surface area contributed by atoms with Crippen molar-refractivity contribution in [1.29, 1.82) is 5.26 Å². The number of benzene rings is 2. The van der Waals surface area contributed by atoms with E-state index < -0.39 is 11.8 Å². The van der Waals surface area contributed by atoms with E-state index >= 15 is 0 Å². The Hall–Kier alpha value is -3.77. The van der Waals surface area contributed by atoms with Gasteiger partial charge in [0.05, 0.1) is 18.0 Å². The second-order valence-electron chi connectivity index (χ2n) is 5.18. The summed E-state index contributed by atoms with van der Waals surface area (Å²) < 4.78 is 5.34. The fourth-order valence-electron chi connectivity index (χ4n) is 2.43. The molecular weight excluding hydrogens is 316 g/mol. The molecule has 1 atom stereocenters. The molecule has 0 fully saturated rings. The molecule has 1 aromatic heterocycles. The van der Waals surface area contributed by atoms with Crippen LogP contribution in [-0.2, 0) is 0 Å². The van der Waals surface area contributed by atoms with Gasteiger partial charge in [0, 0.05) is 11.1 Å². The summed E-state index contributed by atoms with van der Waals surface area (Å²) in [5.41, 5.74) is 1.59. The molecule has 25 heavy (non-hydrogen) atoms. The minimum Gasteiger partial charge on any atom is -0.480 e. The van der Waals surface area contributed by atoms with Crippen molar-refractivity contribution in [3.63, 3.8) is 0 Å². The maximum Gasteiger partial charge on any atom is 0.368 e. The van der Waals surface area contributed by atoms with Crippen LogP contribution in [0.25, 0.3) is 27.1 Å². The number of nitrogens with zero attached hydrogens (tertiary/aromatic N) is 4. The van der Waals surface area contributed by atoms with Gasteiger partial charge in [-0.15, -0.1) is 0 Å². The molecule has 0 radical (unpaired) electrons. The highest BCUT2D eigenvalue weighted by molar-refractivity contribution is 6.05. The van der Waals surface area contributed by atoms with Gasteiger partial charge in [-0.05, 0) is 12.1 Å². The molecule has 3 rings (SSSR count). The number of ether oxygens (including phenoxy) is 1. The fraction of sp³-hybridized carbons (Fsp3) is 0.105. The molecule has 0 N–H and O–H groups in total. The lowest BCUT2D eigenvalue weighted by Crippen LogP contribution is -2.14. The third kappa shape index (κ3) is 3.01. The highest BCUT2D eigenvalue weighted by Gasteiger charge is 2.25. The minimum absolute atomic E-state index is 0.259. The van der Waals surface area contributed by atoms with E-state index in [1.165, 1.54) is 7.11 Å². The van der Waals surface area contributed by atoms with Gasteiger partial charge >= 0.3 is 6.04 Å². The summed E-state index contributed by atoms with van der Waals surface area (Å²) in [7, 11) is 1.51. The van der Waals surface area contributed by atoms with E-state index in [4.69, 9.17) is 16.6 Å². The molecule has 0 bridgehead atoms. The van der Waals surface area contributed by atoms with Gasteiger partial charge in [0.2, 0.25) is 5.88 Å². The molecular formula is C19H12N4O2. The maximum atomic E-state index is 12.2. The zero-order chi connectivity index (χ0) is 17.8. The zero-order valence-electron chi connectivity index (χ0n) is 13.3. The monoisotopic (exact) mass is 328 g/mol. The van der Waals surface area contributed by atoms with Gasteiger partial charge in [-0.2, -0.15) is 10.2 Å². The van der Waals surface area contributed by atoms with Crippen LogP contribution < -0.4 is 4.74 Å². The highest BCUT2D eigenvalue weighted by atomic mass is 16.5. The Balaban J connectivity index is 2.17.